The van der Waals surface area contributed by atoms with Crippen molar-refractivity contribution < 1.29 is 14.3 Å². The Morgan fingerprint density at radius 1 is 1.16 bits per heavy atom. The van der Waals surface area contributed by atoms with E-state index in [1.54, 1.807) is 24.3 Å². The van der Waals surface area contributed by atoms with Crippen LogP contribution in [0.15, 0.2) is 48.5 Å². The molecule has 0 saturated carbocycles. The van der Waals surface area contributed by atoms with Crippen LogP contribution in [0.5, 0.6) is 11.5 Å². The lowest BCUT2D eigenvalue weighted by atomic mass is 10.2. The number of halogens is 1. The van der Waals surface area contributed by atoms with Crippen molar-refractivity contribution >= 4 is 17.5 Å². The first-order valence-corrected chi connectivity index (χ1v) is 8.78. The van der Waals surface area contributed by atoms with Crippen LogP contribution in [0.4, 0.5) is 0 Å². The van der Waals surface area contributed by atoms with E-state index in [0.29, 0.717) is 23.8 Å². The van der Waals surface area contributed by atoms with Gasteiger partial charge in [0.05, 0.1) is 6.04 Å². The van der Waals surface area contributed by atoms with Crippen molar-refractivity contribution in [3.8, 4) is 11.5 Å². The van der Waals surface area contributed by atoms with Gasteiger partial charge in [-0.2, -0.15) is 0 Å². The molecule has 134 valence electrons. The fourth-order valence-electron chi connectivity index (χ4n) is 2.31. The molecule has 0 aliphatic carbocycles. The Balaban J connectivity index is 1.85. The molecule has 1 N–H and O–H groups in total. The zero-order valence-electron chi connectivity index (χ0n) is 14.8. The maximum Gasteiger partial charge on any atom is 0.261 e. The lowest BCUT2D eigenvalue weighted by Gasteiger charge is -2.21. The van der Waals surface area contributed by atoms with Crippen molar-refractivity contribution in [2.75, 3.05) is 6.61 Å². The highest BCUT2D eigenvalue weighted by atomic mass is 35.5. The number of hydrogen-bond donors (Lipinski definition) is 1. The smallest absolute Gasteiger partial charge is 0.261 e. The second-order valence-electron chi connectivity index (χ2n) is 5.95. The number of carbonyl (C=O) groups is 1. The van der Waals surface area contributed by atoms with Crippen LogP contribution < -0.4 is 14.8 Å². The van der Waals surface area contributed by atoms with Crippen molar-refractivity contribution in [2.45, 2.75) is 39.3 Å². The molecule has 0 unspecified atom stereocenters. The summed E-state index contributed by atoms with van der Waals surface area (Å²) >= 11 is 5.86. The van der Waals surface area contributed by atoms with Gasteiger partial charge in [-0.05, 0) is 56.2 Å². The number of hydrogen-bond acceptors (Lipinski definition) is 3. The first kappa shape index (κ1) is 19.1. The van der Waals surface area contributed by atoms with E-state index in [1.807, 2.05) is 45.0 Å². The summed E-state index contributed by atoms with van der Waals surface area (Å²) < 4.78 is 11.5. The summed E-state index contributed by atoms with van der Waals surface area (Å²) in [4.78, 5) is 12.4. The third-order valence-electron chi connectivity index (χ3n) is 3.73. The maximum absolute atomic E-state index is 12.4. The van der Waals surface area contributed by atoms with Gasteiger partial charge in [0.15, 0.2) is 6.10 Å². The highest BCUT2D eigenvalue weighted by Crippen LogP contribution is 2.18. The molecule has 2 aromatic carbocycles. The Morgan fingerprint density at radius 3 is 2.48 bits per heavy atom. The summed E-state index contributed by atoms with van der Waals surface area (Å²) in [7, 11) is 0. The topological polar surface area (TPSA) is 47.6 Å². The van der Waals surface area contributed by atoms with Gasteiger partial charge in [0.2, 0.25) is 0 Å². The van der Waals surface area contributed by atoms with E-state index in [4.69, 9.17) is 21.1 Å². The van der Waals surface area contributed by atoms with Gasteiger partial charge >= 0.3 is 0 Å². The number of para-hydroxylation sites is 1. The second kappa shape index (κ2) is 9.33. The van der Waals surface area contributed by atoms with E-state index in [9.17, 15) is 4.79 Å². The lowest BCUT2D eigenvalue weighted by Crippen LogP contribution is -2.44. The highest BCUT2D eigenvalue weighted by molar-refractivity contribution is 6.30. The van der Waals surface area contributed by atoms with Crippen LogP contribution in [-0.4, -0.2) is 24.7 Å². The van der Waals surface area contributed by atoms with Crippen molar-refractivity contribution in [3.63, 3.8) is 0 Å². The molecule has 0 heterocycles. The minimum absolute atomic E-state index is 0.130. The molecule has 0 aromatic heterocycles. The Kier molecular flexibility index (Phi) is 7.14. The molecule has 0 radical (unpaired) electrons. The average molecular weight is 362 g/mol. The van der Waals surface area contributed by atoms with Crippen LogP contribution >= 0.6 is 11.6 Å². The monoisotopic (exact) mass is 361 g/mol. The average Bonchev–Trinajstić information content (AvgIpc) is 2.60. The standard InChI is InChI=1S/C20H24ClNO3/c1-4-18(25-17-11-9-16(21)10-12-17)20(23)22-15(3)13-24-19-8-6-5-7-14(19)2/h5-12,15,18H,4,13H2,1-3H3,(H,22,23)/t15-,18-/m0/s1. The van der Waals surface area contributed by atoms with Crippen molar-refractivity contribution in [1.29, 1.82) is 0 Å². The number of carbonyl (C=O) groups excluding carboxylic acids is 1. The SMILES string of the molecule is CC[C@H](Oc1ccc(Cl)cc1)C(=O)N[C@@H](C)COc1ccccc1C. The van der Waals surface area contributed by atoms with E-state index in [2.05, 4.69) is 5.32 Å². The number of ether oxygens (including phenoxy) is 2. The van der Waals surface area contributed by atoms with Crippen LogP contribution in [0.25, 0.3) is 0 Å². The van der Waals surface area contributed by atoms with Gasteiger partial charge < -0.3 is 14.8 Å². The van der Waals surface area contributed by atoms with Crippen molar-refractivity contribution in [2.24, 2.45) is 0 Å². The summed E-state index contributed by atoms with van der Waals surface area (Å²) in [6, 6.07) is 14.7. The van der Waals surface area contributed by atoms with E-state index < -0.39 is 6.10 Å². The van der Waals surface area contributed by atoms with Gasteiger partial charge in [-0.3, -0.25) is 4.79 Å². The summed E-state index contributed by atoms with van der Waals surface area (Å²) in [5.74, 6) is 1.29. The molecule has 25 heavy (non-hydrogen) atoms. The number of nitrogens with one attached hydrogen (secondary N) is 1. The van der Waals surface area contributed by atoms with Gasteiger partial charge in [0.1, 0.15) is 18.1 Å². The molecule has 5 heteroatoms. The van der Waals surface area contributed by atoms with E-state index >= 15 is 0 Å². The Morgan fingerprint density at radius 2 is 1.84 bits per heavy atom. The molecule has 2 aromatic rings. The van der Waals surface area contributed by atoms with Crippen molar-refractivity contribution in [1.82, 2.24) is 5.32 Å². The predicted octanol–water partition coefficient (Wildman–Crippen LogP) is 4.39. The highest BCUT2D eigenvalue weighted by Gasteiger charge is 2.20. The molecule has 4 nitrogen and oxygen atoms in total. The number of amides is 1. The van der Waals surface area contributed by atoms with Gasteiger partial charge in [0.25, 0.3) is 5.91 Å². The molecule has 0 aliphatic rings. The number of benzene rings is 2. The lowest BCUT2D eigenvalue weighted by molar-refractivity contribution is -0.128. The fourth-order valence-corrected chi connectivity index (χ4v) is 2.44. The van der Waals surface area contributed by atoms with Crippen LogP contribution in [0.1, 0.15) is 25.8 Å². The molecule has 0 spiro atoms. The first-order valence-electron chi connectivity index (χ1n) is 8.40. The Labute approximate surface area is 154 Å². The Hall–Kier alpha value is -2.20. The van der Waals surface area contributed by atoms with E-state index in [-0.39, 0.29) is 11.9 Å². The van der Waals surface area contributed by atoms with Gasteiger partial charge in [-0.25, -0.2) is 0 Å². The van der Waals surface area contributed by atoms with Gasteiger partial charge in [-0.1, -0.05) is 36.7 Å². The Bertz CT molecular complexity index is 688. The third-order valence-corrected chi connectivity index (χ3v) is 3.98. The first-order chi connectivity index (χ1) is 12.0. The molecular formula is C20H24ClNO3. The zero-order chi connectivity index (χ0) is 18.2. The largest absolute Gasteiger partial charge is 0.491 e. The second-order valence-corrected chi connectivity index (χ2v) is 6.39. The van der Waals surface area contributed by atoms with E-state index in [1.165, 1.54) is 0 Å². The normalized spacial score (nSPS) is 13.0. The third kappa shape index (κ3) is 5.98. The molecule has 0 saturated heterocycles. The van der Waals surface area contributed by atoms with Gasteiger partial charge in [0, 0.05) is 5.02 Å². The zero-order valence-corrected chi connectivity index (χ0v) is 15.5. The molecule has 0 bridgehead atoms. The van der Waals surface area contributed by atoms with Crippen LogP contribution in [0.3, 0.4) is 0 Å². The maximum atomic E-state index is 12.4. The van der Waals surface area contributed by atoms with Crippen molar-refractivity contribution in [3.05, 3.63) is 59.1 Å². The predicted molar refractivity (Wildman–Crippen MR) is 100 cm³/mol. The fraction of sp³-hybridized carbons (Fsp3) is 0.350. The van der Waals surface area contributed by atoms with E-state index in [0.717, 1.165) is 11.3 Å². The molecular weight excluding hydrogens is 338 g/mol. The molecule has 1 amide bonds. The quantitative estimate of drug-likeness (QED) is 0.758. The molecule has 0 fully saturated rings. The van der Waals surface area contributed by atoms with Crippen LogP contribution in [-0.2, 0) is 4.79 Å². The summed E-state index contributed by atoms with van der Waals surface area (Å²) in [6.07, 6.45) is 0.0157. The number of aryl methyl sites for hydroxylation is 1. The molecule has 2 rings (SSSR count). The van der Waals surface area contributed by atoms with Gasteiger partial charge in [-0.15, -0.1) is 0 Å². The van der Waals surface area contributed by atoms with Crippen LogP contribution in [0, 0.1) is 6.92 Å². The number of rotatable bonds is 8. The minimum Gasteiger partial charge on any atom is -0.491 e. The van der Waals surface area contributed by atoms with Crippen LogP contribution in [0.2, 0.25) is 5.02 Å². The minimum atomic E-state index is -0.554. The molecule has 0 aliphatic heterocycles. The molecule has 2 atom stereocenters. The summed E-state index contributed by atoms with van der Waals surface area (Å²) in [6.45, 7) is 6.21. The summed E-state index contributed by atoms with van der Waals surface area (Å²) in [5, 5.41) is 3.57. The summed E-state index contributed by atoms with van der Waals surface area (Å²) in [5.41, 5.74) is 1.07.